The molecule has 0 radical (unpaired) electrons. The molecular weight excluding hydrogens is 306 g/mol. The molecule has 1 aliphatic carbocycles. The maximum atomic E-state index is 12.3. The lowest BCUT2D eigenvalue weighted by atomic mass is 10.1. The van der Waals surface area contributed by atoms with E-state index in [2.05, 4.69) is 10.3 Å². The molecule has 0 bridgehead atoms. The van der Waals surface area contributed by atoms with Crippen LogP contribution in [-0.4, -0.2) is 40.7 Å². The van der Waals surface area contributed by atoms with E-state index in [1.807, 2.05) is 32.0 Å². The highest BCUT2D eigenvalue weighted by atomic mass is 16.3. The Morgan fingerprint density at radius 2 is 2.21 bits per heavy atom. The Kier molecular flexibility index (Phi) is 4.57. The zero-order valence-electron chi connectivity index (χ0n) is 14.2. The third-order valence-corrected chi connectivity index (χ3v) is 4.31. The Bertz CT molecular complexity index is 737. The molecule has 6 heteroatoms. The number of oxazole rings is 1. The number of hydrogen-bond acceptors (Lipinski definition) is 4. The highest BCUT2D eigenvalue weighted by Gasteiger charge is 2.31. The van der Waals surface area contributed by atoms with Gasteiger partial charge in [-0.3, -0.25) is 0 Å². The number of aliphatic hydroxyl groups is 1. The van der Waals surface area contributed by atoms with Gasteiger partial charge in [-0.05, 0) is 50.3 Å². The molecule has 1 aromatic carbocycles. The summed E-state index contributed by atoms with van der Waals surface area (Å²) in [7, 11) is 1.69. The van der Waals surface area contributed by atoms with Gasteiger partial charge in [0.15, 0.2) is 0 Å². The summed E-state index contributed by atoms with van der Waals surface area (Å²) in [6.45, 7) is 4.18. The second-order valence-corrected chi connectivity index (χ2v) is 6.54. The van der Waals surface area contributed by atoms with E-state index in [9.17, 15) is 9.90 Å². The molecule has 0 saturated heterocycles. The van der Waals surface area contributed by atoms with E-state index >= 15 is 0 Å². The average molecular weight is 329 g/mol. The van der Waals surface area contributed by atoms with Crippen molar-refractivity contribution in [2.45, 2.75) is 32.8 Å². The highest BCUT2D eigenvalue weighted by molar-refractivity contribution is 5.90. The SMILES string of the molecule is Cc1coc(-c2cc(NC(=O)N(C)CC(O)C3CC3)ccc2C)n1. The third-order valence-electron chi connectivity index (χ3n) is 4.31. The van der Waals surface area contributed by atoms with Gasteiger partial charge in [0, 0.05) is 24.8 Å². The molecule has 1 saturated carbocycles. The molecule has 128 valence electrons. The number of hydrogen-bond donors (Lipinski definition) is 2. The Balaban J connectivity index is 1.69. The molecule has 3 rings (SSSR count). The minimum absolute atomic E-state index is 0.243. The molecule has 24 heavy (non-hydrogen) atoms. The third kappa shape index (κ3) is 3.76. The van der Waals surface area contributed by atoms with Gasteiger partial charge in [-0.15, -0.1) is 0 Å². The molecule has 1 unspecified atom stereocenters. The first-order chi connectivity index (χ1) is 11.4. The number of nitrogens with one attached hydrogen (secondary N) is 1. The number of aryl methyl sites for hydroxylation is 2. The molecule has 1 heterocycles. The minimum Gasteiger partial charge on any atom is -0.444 e. The van der Waals surface area contributed by atoms with E-state index in [0.29, 0.717) is 24.0 Å². The molecule has 2 aromatic rings. The molecular formula is C18H23N3O3. The molecule has 0 spiro atoms. The zero-order valence-corrected chi connectivity index (χ0v) is 14.2. The first-order valence-electron chi connectivity index (χ1n) is 8.17. The quantitative estimate of drug-likeness (QED) is 0.883. The fraction of sp³-hybridized carbons (Fsp3) is 0.444. The number of benzene rings is 1. The largest absolute Gasteiger partial charge is 0.444 e. The Morgan fingerprint density at radius 1 is 1.46 bits per heavy atom. The summed E-state index contributed by atoms with van der Waals surface area (Å²) >= 11 is 0. The zero-order chi connectivity index (χ0) is 17.3. The van der Waals surface area contributed by atoms with Crippen molar-refractivity contribution < 1.29 is 14.3 Å². The smallest absolute Gasteiger partial charge is 0.321 e. The number of aliphatic hydroxyl groups excluding tert-OH is 1. The standard InChI is InChI=1S/C18H23N3O3/c1-11-4-7-14(8-15(11)17-19-12(2)10-24-17)20-18(23)21(3)9-16(22)13-5-6-13/h4,7-8,10,13,16,22H,5-6,9H2,1-3H3,(H,20,23). The van der Waals surface area contributed by atoms with Crippen molar-refractivity contribution in [3.8, 4) is 11.5 Å². The molecule has 2 amide bonds. The summed E-state index contributed by atoms with van der Waals surface area (Å²) in [6, 6.07) is 5.37. The van der Waals surface area contributed by atoms with Gasteiger partial charge in [0.1, 0.15) is 6.26 Å². The maximum Gasteiger partial charge on any atom is 0.321 e. The van der Waals surface area contributed by atoms with Crippen LogP contribution >= 0.6 is 0 Å². The van der Waals surface area contributed by atoms with Crippen LogP contribution in [0.3, 0.4) is 0 Å². The van der Waals surface area contributed by atoms with Crippen molar-refractivity contribution in [2.24, 2.45) is 5.92 Å². The number of nitrogens with zero attached hydrogens (tertiary/aromatic N) is 2. The second kappa shape index (κ2) is 6.65. The van der Waals surface area contributed by atoms with Crippen LogP contribution in [0, 0.1) is 19.8 Å². The Morgan fingerprint density at radius 3 is 2.83 bits per heavy atom. The average Bonchev–Trinajstić information content (AvgIpc) is 3.31. The number of carbonyl (C=O) groups is 1. The first-order valence-corrected chi connectivity index (χ1v) is 8.17. The van der Waals surface area contributed by atoms with Crippen molar-refractivity contribution in [3.05, 3.63) is 35.7 Å². The normalized spacial score (nSPS) is 15.2. The molecule has 2 N–H and O–H groups in total. The lowest BCUT2D eigenvalue weighted by Crippen LogP contribution is -2.38. The topological polar surface area (TPSA) is 78.6 Å². The monoisotopic (exact) mass is 329 g/mol. The number of anilines is 1. The second-order valence-electron chi connectivity index (χ2n) is 6.54. The van der Waals surface area contributed by atoms with E-state index in [1.165, 1.54) is 4.90 Å². The van der Waals surface area contributed by atoms with E-state index in [4.69, 9.17) is 4.42 Å². The number of likely N-dealkylation sites (N-methyl/N-ethyl adjacent to an activating group) is 1. The number of amides is 2. The van der Waals surface area contributed by atoms with Gasteiger partial charge >= 0.3 is 6.03 Å². The number of rotatable bonds is 5. The van der Waals surface area contributed by atoms with Crippen LogP contribution in [0.5, 0.6) is 0 Å². The van der Waals surface area contributed by atoms with Crippen LogP contribution in [0.2, 0.25) is 0 Å². The van der Waals surface area contributed by atoms with Gasteiger partial charge < -0.3 is 19.7 Å². The van der Waals surface area contributed by atoms with Crippen molar-refractivity contribution in [1.82, 2.24) is 9.88 Å². The van der Waals surface area contributed by atoms with Crippen molar-refractivity contribution in [3.63, 3.8) is 0 Å². The van der Waals surface area contributed by atoms with Crippen molar-refractivity contribution >= 4 is 11.7 Å². The molecule has 6 nitrogen and oxygen atoms in total. The van der Waals surface area contributed by atoms with Crippen LogP contribution in [-0.2, 0) is 0 Å². The van der Waals surface area contributed by atoms with E-state index < -0.39 is 6.10 Å². The first kappa shape index (κ1) is 16.5. The van der Waals surface area contributed by atoms with Gasteiger partial charge in [-0.1, -0.05) is 6.07 Å². The summed E-state index contributed by atoms with van der Waals surface area (Å²) in [5.41, 5.74) is 3.35. The number of aromatic nitrogens is 1. The molecule has 1 aliphatic rings. The van der Waals surface area contributed by atoms with Crippen LogP contribution < -0.4 is 5.32 Å². The summed E-state index contributed by atoms with van der Waals surface area (Å²) in [4.78, 5) is 18.1. The summed E-state index contributed by atoms with van der Waals surface area (Å²) < 4.78 is 5.46. The summed E-state index contributed by atoms with van der Waals surface area (Å²) in [5.74, 6) is 0.887. The van der Waals surface area contributed by atoms with Gasteiger partial charge in [-0.2, -0.15) is 0 Å². The van der Waals surface area contributed by atoms with E-state index in [0.717, 1.165) is 29.7 Å². The highest BCUT2D eigenvalue weighted by Crippen LogP contribution is 2.32. The van der Waals surface area contributed by atoms with Crippen LogP contribution in [0.25, 0.3) is 11.5 Å². The van der Waals surface area contributed by atoms with Crippen LogP contribution in [0.15, 0.2) is 28.9 Å². The van der Waals surface area contributed by atoms with Crippen molar-refractivity contribution in [2.75, 3.05) is 18.9 Å². The van der Waals surface area contributed by atoms with E-state index in [1.54, 1.807) is 13.3 Å². The van der Waals surface area contributed by atoms with Gasteiger partial charge in [0.25, 0.3) is 0 Å². The lowest BCUT2D eigenvalue weighted by Gasteiger charge is -2.21. The van der Waals surface area contributed by atoms with Gasteiger partial charge in [0.2, 0.25) is 5.89 Å². The number of carbonyl (C=O) groups excluding carboxylic acids is 1. The number of urea groups is 1. The molecule has 0 aliphatic heterocycles. The minimum atomic E-state index is -0.440. The molecule has 1 aromatic heterocycles. The fourth-order valence-electron chi connectivity index (χ4n) is 2.62. The van der Waals surface area contributed by atoms with Gasteiger partial charge in [-0.25, -0.2) is 9.78 Å². The lowest BCUT2D eigenvalue weighted by molar-refractivity contribution is 0.117. The Hall–Kier alpha value is -2.34. The Labute approximate surface area is 141 Å². The van der Waals surface area contributed by atoms with Gasteiger partial charge in [0.05, 0.1) is 11.8 Å². The maximum absolute atomic E-state index is 12.3. The van der Waals surface area contributed by atoms with Crippen molar-refractivity contribution in [1.29, 1.82) is 0 Å². The summed E-state index contributed by atoms with van der Waals surface area (Å²) in [5, 5.41) is 12.8. The molecule has 1 atom stereocenters. The van der Waals surface area contributed by atoms with Crippen LogP contribution in [0.1, 0.15) is 24.1 Å². The predicted molar refractivity (Wildman–Crippen MR) is 91.8 cm³/mol. The van der Waals surface area contributed by atoms with E-state index in [-0.39, 0.29) is 6.03 Å². The summed E-state index contributed by atoms with van der Waals surface area (Å²) in [6.07, 6.45) is 3.26. The predicted octanol–water partition coefficient (Wildman–Crippen LogP) is 3.19. The molecule has 1 fully saturated rings. The fourth-order valence-corrected chi connectivity index (χ4v) is 2.62. The van der Waals surface area contributed by atoms with Crippen LogP contribution in [0.4, 0.5) is 10.5 Å².